The van der Waals surface area contributed by atoms with Gasteiger partial charge in [-0.25, -0.2) is 9.59 Å². The second-order valence-corrected chi connectivity index (χ2v) is 6.17. The number of carboxylic acids is 1. The molecule has 0 aliphatic carbocycles. The zero-order valence-electron chi connectivity index (χ0n) is 10.1. The van der Waals surface area contributed by atoms with Gasteiger partial charge in [0.2, 0.25) is 0 Å². The number of hydrogen-bond donors (Lipinski definition) is 2. The number of nitrogens with one attached hydrogen (secondary N) is 1. The summed E-state index contributed by atoms with van der Waals surface area (Å²) in [6.45, 7) is 1.37. The fourth-order valence-electron chi connectivity index (χ4n) is 1.77. The topological polar surface area (TPSA) is 69.6 Å². The molecular formula is C12H13BrN2O3S. The molecule has 2 N–H and O–H groups in total. The first-order chi connectivity index (χ1) is 9.08. The molecule has 0 saturated carbocycles. The van der Waals surface area contributed by atoms with Crippen molar-refractivity contribution in [1.82, 2.24) is 4.90 Å². The third-order valence-corrected chi connectivity index (χ3v) is 4.19. The first kappa shape index (κ1) is 14.2. The van der Waals surface area contributed by atoms with Crippen LogP contribution in [0.25, 0.3) is 0 Å². The summed E-state index contributed by atoms with van der Waals surface area (Å²) in [5.41, 5.74) is 0.396. The van der Waals surface area contributed by atoms with E-state index in [0.717, 1.165) is 16.0 Å². The summed E-state index contributed by atoms with van der Waals surface area (Å²) >= 11 is 5.08. The fourth-order valence-corrected chi connectivity index (χ4v) is 3.03. The average molecular weight is 345 g/mol. The number of benzene rings is 1. The number of carbonyl (C=O) groups excluding carboxylic acids is 1. The van der Waals surface area contributed by atoms with Gasteiger partial charge in [-0.15, -0.1) is 0 Å². The molecular weight excluding hydrogens is 332 g/mol. The molecule has 7 heteroatoms. The van der Waals surface area contributed by atoms with E-state index in [9.17, 15) is 9.59 Å². The zero-order valence-corrected chi connectivity index (χ0v) is 12.5. The molecule has 2 rings (SSSR count). The van der Waals surface area contributed by atoms with Crippen molar-refractivity contribution in [3.63, 3.8) is 0 Å². The van der Waals surface area contributed by atoms with E-state index in [0.29, 0.717) is 18.8 Å². The lowest BCUT2D eigenvalue weighted by molar-refractivity contribution is 0.0698. The minimum Gasteiger partial charge on any atom is -0.478 e. The summed E-state index contributed by atoms with van der Waals surface area (Å²) < 4.78 is 0.724. The Hall–Kier alpha value is -1.21. The maximum atomic E-state index is 12.1. The molecule has 0 spiro atoms. The van der Waals surface area contributed by atoms with Crippen LogP contribution in [0.1, 0.15) is 10.4 Å². The molecule has 0 atom stereocenters. The number of nitrogens with zero attached hydrogens (tertiary/aromatic N) is 1. The number of carboxylic acid groups (broad SMARTS) is 1. The van der Waals surface area contributed by atoms with Gasteiger partial charge in [0.1, 0.15) is 0 Å². The van der Waals surface area contributed by atoms with E-state index in [-0.39, 0.29) is 11.6 Å². The van der Waals surface area contributed by atoms with E-state index in [2.05, 4.69) is 21.2 Å². The van der Waals surface area contributed by atoms with Crippen molar-refractivity contribution >= 4 is 45.4 Å². The Balaban J connectivity index is 2.15. The summed E-state index contributed by atoms with van der Waals surface area (Å²) in [6, 6.07) is 4.45. The molecule has 1 saturated heterocycles. The van der Waals surface area contributed by atoms with Crippen molar-refractivity contribution in [2.45, 2.75) is 0 Å². The quantitative estimate of drug-likeness (QED) is 0.865. The van der Waals surface area contributed by atoms with Crippen LogP contribution in [0.5, 0.6) is 0 Å². The Kier molecular flexibility index (Phi) is 4.71. The third kappa shape index (κ3) is 3.63. The van der Waals surface area contributed by atoms with Crippen molar-refractivity contribution in [1.29, 1.82) is 0 Å². The Labute approximate surface area is 123 Å². The third-order valence-electron chi connectivity index (χ3n) is 2.75. The molecule has 2 amide bonds. The molecule has 19 heavy (non-hydrogen) atoms. The summed E-state index contributed by atoms with van der Waals surface area (Å²) in [7, 11) is 0. The molecule has 0 aromatic heterocycles. The number of anilines is 1. The van der Waals surface area contributed by atoms with E-state index in [1.54, 1.807) is 17.0 Å². The summed E-state index contributed by atoms with van der Waals surface area (Å²) in [5.74, 6) is 0.770. The molecule has 102 valence electrons. The second-order valence-electron chi connectivity index (χ2n) is 4.02. The Morgan fingerprint density at radius 3 is 2.63 bits per heavy atom. The first-order valence-corrected chi connectivity index (χ1v) is 7.69. The van der Waals surface area contributed by atoms with Gasteiger partial charge in [-0.3, -0.25) is 0 Å². The first-order valence-electron chi connectivity index (χ1n) is 5.74. The van der Waals surface area contributed by atoms with Gasteiger partial charge >= 0.3 is 12.0 Å². The lowest BCUT2D eigenvalue weighted by atomic mass is 10.2. The number of carbonyl (C=O) groups is 2. The SMILES string of the molecule is O=C(O)c1ccc(Br)cc1NC(=O)N1CCSCC1. The normalized spacial score (nSPS) is 15.1. The number of urea groups is 1. The average Bonchev–Trinajstić information content (AvgIpc) is 2.39. The van der Waals surface area contributed by atoms with Crippen LogP contribution >= 0.6 is 27.7 Å². The van der Waals surface area contributed by atoms with Crippen molar-refractivity contribution in [2.75, 3.05) is 29.9 Å². The van der Waals surface area contributed by atoms with Crippen LogP contribution in [-0.4, -0.2) is 46.6 Å². The van der Waals surface area contributed by atoms with E-state index in [4.69, 9.17) is 5.11 Å². The number of aromatic carboxylic acids is 1. The molecule has 1 aromatic rings. The number of thioether (sulfide) groups is 1. The number of halogens is 1. The summed E-state index contributed by atoms with van der Waals surface area (Å²) in [5, 5.41) is 11.8. The summed E-state index contributed by atoms with van der Waals surface area (Å²) in [4.78, 5) is 24.9. The fraction of sp³-hybridized carbons (Fsp3) is 0.333. The van der Waals surface area contributed by atoms with Crippen LogP contribution < -0.4 is 5.32 Å². The summed E-state index contributed by atoms with van der Waals surface area (Å²) in [6.07, 6.45) is 0. The molecule has 5 nitrogen and oxygen atoms in total. The maximum Gasteiger partial charge on any atom is 0.337 e. The highest BCUT2D eigenvalue weighted by Crippen LogP contribution is 2.22. The van der Waals surface area contributed by atoms with Crippen LogP contribution in [0.15, 0.2) is 22.7 Å². The van der Waals surface area contributed by atoms with Gasteiger partial charge in [-0.1, -0.05) is 15.9 Å². The van der Waals surface area contributed by atoms with Crippen LogP contribution in [0.4, 0.5) is 10.5 Å². The van der Waals surface area contributed by atoms with Crippen molar-refractivity contribution in [3.8, 4) is 0 Å². The maximum absolute atomic E-state index is 12.1. The van der Waals surface area contributed by atoms with E-state index in [1.807, 2.05) is 11.8 Å². The standard InChI is InChI=1S/C12H13BrN2O3S/c13-8-1-2-9(11(16)17)10(7-8)14-12(18)15-3-5-19-6-4-15/h1-2,7H,3-6H2,(H,14,18)(H,16,17). The lowest BCUT2D eigenvalue weighted by Crippen LogP contribution is -2.40. The smallest absolute Gasteiger partial charge is 0.337 e. The van der Waals surface area contributed by atoms with Crippen LogP contribution in [-0.2, 0) is 0 Å². The minimum atomic E-state index is -1.06. The Morgan fingerprint density at radius 1 is 1.32 bits per heavy atom. The molecule has 1 aromatic carbocycles. The van der Waals surface area contributed by atoms with Crippen molar-refractivity contribution < 1.29 is 14.7 Å². The van der Waals surface area contributed by atoms with Gasteiger partial charge < -0.3 is 15.3 Å². The van der Waals surface area contributed by atoms with Crippen LogP contribution in [0.2, 0.25) is 0 Å². The Bertz CT molecular complexity index is 504. The Morgan fingerprint density at radius 2 is 2.00 bits per heavy atom. The van der Waals surface area contributed by atoms with Gasteiger partial charge in [0.25, 0.3) is 0 Å². The van der Waals surface area contributed by atoms with Crippen LogP contribution in [0.3, 0.4) is 0 Å². The highest BCUT2D eigenvalue weighted by atomic mass is 79.9. The molecule has 1 aliphatic rings. The second kappa shape index (κ2) is 6.29. The van der Waals surface area contributed by atoms with Gasteiger partial charge in [0.05, 0.1) is 11.3 Å². The van der Waals surface area contributed by atoms with E-state index >= 15 is 0 Å². The number of hydrogen-bond acceptors (Lipinski definition) is 3. The molecule has 0 unspecified atom stereocenters. The molecule has 1 aliphatic heterocycles. The highest BCUT2D eigenvalue weighted by molar-refractivity contribution is 9.10. The molecule has 1 fully saturated rings. The molecule has 1 heterocycles. The zero-order chi connectivity index (χ0) is 13.8. The van der Waals surface area contributed by atoms with Gasteiger partial charge in [-0.2, -0.15) is 11.8 Å². The predicted octanol–water partition coefficient (Wildman–Crippen LogP) is 2.73. The lowest BCUT2D eigenvalue weighted by Gasteiger charge is -2.26. The van der Waals surface area contributed by atoms with Gasteiger partial charge in [0.15, 0.2) is 0 Å². The van der Waals surface area contributed by atoms with E-state index < -0.39 is 5.97 Å². The largest absolute Gasteiger partial charge is 0.478 e. The highest BCUT2D eigenvalue weighted by Gasteiger charge is 2.19. The monoisotopic (exact) mass is 344 g/mol. The predicted molar refractivity (Wildman–Crippen MR) is 79.0 cm³/mol. The van der Waals surface area contributed by atoms with Crippen molar-refractivity contribution in [3.05, 3.63) is 28.2 Å². The number of rotatable bonds is 2. The van der Waals surface area contributed by atoms with Crippen LogP contribution in [0, 0.1) is 0 Å². The molecule has 0 radical (unpaired) electrons. The van der Waals surface area contributed by atoms with Gasteiger partial charge in [0, 0.05) is 29.1 Å². The van der Waals surface area contributed by atoms with Crippen molar-refractivity contribution in [2.24, 2.45) is 0 Å². The van der Waals surface area contributed by atoms with E-state index in [1.165, 1.54) is 6.07 Å². The molecule has 0 bridgehead atoms. The van der Waals surface area contributed by atoms with Gasteiger partial charge in [-0.05, 0) is 18.2 Å². The minimum absolute atomic E-state index is 0.0861. The number of amides is 2.